The molecule has 2 atom stereocenters. The Morgan fingerprint density at radius 3 is 2.19 bits per heavy atom. The molecular weight excluding hydrogens is 355 g/mol. The molecule has 0 radical (unpaired) electrons. The summed E-state index contributed by atoms with van der Waals surface area (Å²) in [6, 6.07) is -1.85. The Hall–Kier alpha value is -2.00. The number of nitrogens with zero attached hydrogens (tertiary/aromatic N) is 1. The number of nitrogens with one attached hydrogen (secondary N) is 2. The Kier molecular flexibility index (Phi) is 6.35. The molecule has 0 bridgehead atoms. The number of carbonyl (C=O) groups is 3. The highest BCUT2D eigenvalue weighted by Gasteiger charge is 2.42. The Bertz CT molecular complexity index is 547. The molecule has 0 aromatic heterocycles. The second kappa shape index (κ2) is 8.13. The van der Waals surface area contributed by atoms with E-state index in [1.165, 1.54) is 4.90 Å². The van der Waals surface area contributed by atoms with E-state index in [0.717, 1.165) is 0 Å². The summed E-state index contributed by atoms with van der Waals surface area (Å²) in [6.07, 6.45) is -2.01. The topological polar surface area (TPSA) is 98.7 Å². The van der Waals surface area contributed by atoms with E-state index in [9.17, 15) is 27.6 Å². The van der Waals surface area contributed by atoms with Crippen molar-refractivity contribution >= 4 is 17.9 Å². The van der Waals surface area contributed by atoms with Crippen LogP contribution in [0.25, 0.3) is 0 Å². The van der Waals surface area contributed by atoms with Gasteiger partial charge in [-0.05, 0) is 45.4 Å². The summed E-state index contributed by atoms with van der Waals surface area (Å²) in [5, 5.41) is 13.8. The quantitative estimate of drug-likeness (QED) is 0.697. The largest absolute Gasteiger partial charge is 0.481 e. The Labute approximate surface area is 149 Å². The van der Waals surface area contributed by atoms with Crippen molar-refractivity contribution in [2.45, 2.75) is 69.8 Å². The number of alkyl halides is 3. The van der Waals surface area contributed by atoms with Gasteiger partial charge in [-0.3, -0.25) is 9.59 Å². The molecule has 3 amide bonds. The lowest BCUT2D eigenvalue weighted by Gasteiger charge is -2.40. The summed E-state index contributed by atoms with van der Waals surface area (Å²) in [5.74, 6) is -3.22. The molecule has 10 heteroatoms. The van der Waals surface area contributed by atoms with E-state index in [1.54, 1.807) is 6.92 Å². The molecule has 1 aliphatic heterocycles. The van der Waals surface area contributed by atoms with Crippen LogP contribution < -0.4 is 10.6 Å². The van der Waals surface area contributed by atoms with Gasteiger partial charge >= 0.3 is 24.1 Å². The number of hydrogen-bond acceptors (Lipinski definition) is 3. The van der Waals surface area contributed by atoms with Crippen LogP contribution in [0.3, 0.4) is 0 Å². The zero-order valence-corrected chi connectivity index (χ0v) is 14.5. The third kappa shape index (κ3) is 5.01. The van der Waals surface area contributed by atoms with Crippen molar-refractivity contribution in [1.82, 2.24) is 15.5 Å². The molecule has 2 aliphatic rings. The summed E-state index contributed by atoms with van der Waals surface area (Å²) >= 11 is 0. The molecule has 0 aromatic carbocycles. The second-order valence-corrected chi connectivity index (χ2v) is 6.99. The summed E-state index contributed by atoms with van der Waals surface area (Å²) in [6.45, 7) is 2.01. The highest BCUT2D eigenvalue weighted by Crippen LogP contribution is 2.25. The summed E-state index contributed by atoms with van der Waals surface area (Å²) in [5.41, 5.74) is 0. The number of likely N-dealkylation sites (tertiary alicyclic amines) is 1. The molecular formula is C16H24F3N3O4. The standard InChI is InChI=1S/C16H24F3N3O4/c1-9-12(21-14(25)16(17,18)19)3-2-8-22(9)15(26)20-11-6-4-10(5-7-11)13(23)24/h9-12H,2-8H2,1H3,(H,20,26)(H,21,25)(H,23,24)/t9-,10?,11?,12-/m1/s1. The van der Waals surface area contributed by atoms with Crippen LogP contribution in [0.1, 0.15) is 45.4 Å². The predicted octanol–water partition coefficient (Wildman–Crippen LogP) is 1.87. The molecule has 0 unspecified atom stereocenters. The van der Waals surface area contributed by atoms with Crippen molar-refractivity contribution in [3.05, 3.63) is 0 Å². The average Bonchev–Trinajstić information content (AvgIpc) is 2.56. The predicted molar refractivity (Wildman–Crippen MR) is 85.3 cm³/mol. The number of piperidine rings is 1. The van der Waals surface area contributed by atoms with E-state index in [4.69, 9.17) is 5.11 Å². The Balaban J connectivity index is 1.88. The number of hydrogen-bond donors (Lipinski definition) is 3. The second-order valence-electron chi connectivity index (χ2n) is 6.99. The third-order valence-corrected chi connectivity index (χ3v) is 5.23. The lowest BCUT2D eigenvalue weighted by atomic mass is 9.86. The molecule has 3 N–H and O–H groups in total. The van der Waals surface area contributed by atoms with Crippen molar-refractivity contribution in [2.24, 2.45) is 5.92 Å². The van der Waals surface area contributed by atoms with Crippen molar-refractivity contribution in [3.63, 3.8) is 0 Å². The highest BCUT2D eigenvalue weighted by molar-refractivity contribution is 5.82. The zero-order chi connectivity index (χ0) is 19.5. The van der Waals surface area contributed by atoms with Gasteiger partial charge in [-0.15, -0.1) is 0 Å². The van der Waals surface area contributed by atoms with Gasteiger partial charge in [-0.2, -0.15) is 13.2 Å². The van der Waals surface area contributed by atoms with E-state index in [2.05, 4.69) is 5.32 Å². The fraction of sp³-hybridized carbons (Fsp3) is 0.812. The van der Waals surface area contributed by atoms with Crippen LogP contribution in [0.4, 0.5) is 18.0 Å². The molecule has 1 saturated heterocycles. The first-order valence-electron chi connectivity index (χ1n) is 8.77. The van der Waals surface area contributed by atoms with E-state index >= 15 is 0 Å². The Morgan fingerprint density at radius 2 is 1.65 bits per heavy atom. The molecule has 26 heavy (non-hydrogen) atoms. The van der Waals surface area contributed by atoms with E-state index in [0.29, 0.717) is 45.1 Å². The van der Waals surface area contributed by atoms with Crippen LogP contribution in [0.15, 0.2) is 0 Å². The average molecular weight is 379 g/mol. The zero-order valence-electron chi connectivity index (χ0n) is 14.5. The normalized spacial score (nSPS) is 29.8. The molecule has 1 saturated carbocycles. The van der Waals surface area contributed by atoms with Crippen LogP contribution in [0.2, 0.25) is 0 Å². The summed E-state index contributed by atoms with van der Waals surface area (Å²) < 4.78 is 37.3. The molecule has 2 fully saturated rings. The maximum Gasteiger partial charge on any atom is 0.471 e. The lowest BCUT2D eigenvalue weighted by molar-refractivity contribution is -0.175. The monoisotopic (exact) mass is 379 g/mol. The fourth-order valence-electron chi connectivity index (χ4n) is 3.62. The van der Waals surface area contributed by atoms with Crippen LogP contribution in [0.5, 0.6) is 0 Å². The number of halogens is 3. The van der Waals surface area contributed by atoms with Crippen molar-refractivity contribution in [1.29, 1.82) is 0 Å². The van der Waals surface area contributed by atoms with Gasteiger partial charge in [0, 0.05) is 18.6 Å². The highest BCUT2D eigenvalue weighted by atomic mass is 19.4. The minimum Gasteiger partial charge on any atom is -0.481 e. The molecule has 2 rings (SSSR count). The first-order chi connectivity index (χ1) is 12.1. The van der Waals surface area contributed by atoms with Crippen LogP contribution in [-0.2, 0) is 9.59 Å². The maximum absolute atomic E-state index is 12.5. The minimum atomic E-state index is -4.95. The van der Waals surface area contributed by atoms with Crippen LogP contribution in [-0.4, -0.2) is 58.8 Å². The number of amides is 3. The maximum atomic E-state index is 12.5. The number of urea groups is 1. The van der Waals surface area contributed by atoms with Crippen LogP contribution >= 0.6 is 0 Å². The first kappa shape index (κ1) is 20.3. The molecule has 7 nitrogen and oxygen atoms in total. The molecule has 1 aliphatic carbocycles. The summed E-state index contributed by atoms with van der Waals surface area (Å²) in [4.78, 5) is 36.0. The van der Waals surface area contributed by atoms with Crippen molar-refractivity contribution in [2.75, 3.05) is 6.54 Å². The SMILES string of the molecule is C[C@@H]1[C@H](NC(=O)C(F)(F)F)CCCN1C(=O)NC1CCC(C(=O)O)CC1. The molecule has 148 valence electrons. The molecule has 1 heterocycles. The van der Waals surface area contributed by atoms with Crippen molar-refractivity contribution in [3.8, 4) is 0 Å². The van der Waals surface area contributed by atoms with Gasteiger partial charge in [0.2, 0.25) is 0 Å². The van der Waals surface area contributed by atoms with Gasteiger partial charge in [0.25, 0.3) is 0 Å². The smallest absolute Gasteiger partial charge is 0.471 e. The van der Waals surface area contributed by atoms with Gasteiger partial charge in [0.05, 0.1) is 12.0 Å². The molecule has 0 spiro atoms. The van der Waals surface area contributed by atoms with Crippen LogP contribution in [0, 0.1) is 5.92 Å². The minimum absolute atomic E-state index is 0.143. The summed E-state index contributed by atoms with van der Waals surface area (Å²) in [7, 11) is 0. The molecule has 0 aromatic rings. The Morgan fingerprint density at radius 1 is 1.04 bits per heavy atom. The first-order valence-corrected chi connectivity index (χ1v) is 8.77. The van der Waals surface area contributed by atoms with Gasteiger partial charge in [-0.1, -0.05) is 0 Å². The van der Waals surface area contributed by atoms with Gasteiger partial charge in [-0.25, -0.2) is 4.79 Å². The fourth-order valence-corrected chi connectivity index (χ4v) is 3.62. The lowest BCUT2D eigenvalue weighted by Crippen LogP contribution is -2.60. The number of aliphatic carboxylic acids is 1. The number of carboxylic acids is 1. The number of carbonyl (C=O) groups excluding carboxylic acids is 2. The van der Waals surface area contributed by atoms with Gasteiger partial charge in [0.15, 0.2) is 0 Å². The number of rotatable bonds is 3. The van der Waals surface area contributed by atoms with E-state index < -0.39 is 30.1 Å². The van der Waals surface area contributed by atoms with Gasteiger partial charge in [0.1, 0.15) is 0 Å². The van der Waals surface area contributed by atoms with Crippen molar-refractivity contribution < 1.29 is 32.7 Å². The van der Waals surface area contributed by atoms with E-state index in [-0.39, 0.29) is 18.0 Å². The number of carboxylic acid groups (broad SMARTS) is 1. The third-order valence-electron chi connectivity index (χ3n) is 5.23. The van der Waals surface area contributed by atoms with Gasteiger partial charge < -0.3 is 20.6 Å². The van der Waals surface area contributed by atoms with E-state index in [1.807, 2.05) is 5.32 Å².